The molecular formula is C13H16ClN3OS. The molecule has 102 valence electrons. The summed E-state index contributed by atoms with van der Waals surface area (Å²) in [6.07, 6.45) is 1.85. The lowest BCUT2D eigenvalue weighted by molar-refractivity contribution is 0.345. The molecule has 1 atom stereocenters. The lowest BCUT2D eigenvalue weighted by Gasteiger charge is -2.02. The number of thioether (sulfide) groups is 1. The van der Waals surface area contributed by atoms with E-state index in [0.29, 0.717) is 17.5 Å². The fraction of sp³-hybridized carbons (Fsp3) is 0.385. The van der Waals surface area contributed by atoms with Crippen LogP contribution >= 0.6 is 23.4 Å². The molecule has 0 saturated heterocycles. The van der Waals surface area contributed by atoms with Gasteiger partial charge in [-0.25, -0.2) is 0 Å². The van der Waals surface area contributed by atoms with Crippen molar-refractivity contribution in [3.05, 3.63) is 41.0 Å². The maximum absolute atomic E-state index is 5.93. The van der Waals surface area contributed by atoms with Gasteiger partial charge in [0.1, 0.15) is 0 Å². The number of nitrogens with two attached hydrogens (primary N) is 1. The highest BCUT2D eigenvalue weighted by Gasteiger charge is 2.13. The number of rotatable bonds is 6. The Labute approximate surface area is 121 Å². The van der Waals surface area contributed by atoms with Crippen molar-refractivity contribution in [3.8, 4) is 0 Å². The van der Waals surface area contributed by atoms with Gasteiger partial charge >= 0.3 is 0 Å². The van der Waals surface area contributed by atoms with Gasteiger partial charge in [0.05, 0.1) is 11.8 Å². The van der Waals surface area contributed by atoms with Crippen LogP contribution in [0, 0.1) is 0 Å². The molecule has 1 aromatic heterocycles. The molecule has 1 aromatic carbocycles. The van der Waals surface area contributed by atoms with Gasteiger partial charge in [-0.2, -0.15) is 4.98 Å². The van der Waals surface area contributed by atoms with Crippen molar-refractivity contribution in [1.82, 2.24) is 10.1 Å². The lowest BCUT2D eigenvalue weighted by atomic mass is 10.2. The minimum atomic E-state index is -0.160. The van der Waals surface area contributed by atoms with E-state index in [0.717, 1.165) is 22.8 Å². The van der Waals surface area contributed by atoms with Crippen molar-refractivity contribution in [1.29, 1.82) is 0 Å². The van der Waals surface area contributed by atoms with Crippen LogP contribution in [0.5, 0.6) is 0 Å². The first-order valence-corrected chi connectivity index (χ1v) is 7.52. The molecule has 0 saturated carbocycles. The molecule has 2 aromatic rings. The average molecular weight is 298 g/mol. The predicted octanol–water partition coefficient (Wildman–Crippen LogP) is 3.82. The molecule has 0 fully saturated rings. The summed E-state index contributed by atoms with van der Waals surface area (Å²) in [6, 6.07) is 7.51. The van der Waals surface area contributed by atoms with Gasteiger partial charge in [-0.15, -0.1) is 11.8 Å². The smallest absolute Gasteiger partial charge is 0.243 e. The first-order chi connectivity index (χ1) is 9.19. The summed E-state index contributed by atoms with van der Waals surface area (Å²) < 4.78 is 5.17. The van der Waals surface area contributed by atoms with Crippen LogP contribution in [0.15, 0.2) is 33.7 Å². The van der Waals surface area contributed by atoms with E-state index in [2.05, 4.69) is 17.1 Å². The van der Waals surface area contributed by atoms with Gasteiger partial charge in [-0.05, 0) is 30.7 Å². The minimum Gasteiger partial charge on any atom is -0.338 e. The molecule has 2 N–H and O–H groups in total. The van der Waals surface area contributed by atoms with Crippen LogP contribution in [-0.2, 0) is 5.75 Å². The molecule has 0 radical (unpaired) electrons. The van der Waals surface area contributed by atoms with Gasteiger partial charge in [-0.1, -0.05) is 30.1 Å². The van der Waals surface area contributed by atoms with E-state index in [1.54, 1.807) is 11.8 Å². The third-order valence-corrected chi connectivity index (χ3v) is 3.84. The largest absolute Gasteiger partial charge is 0.338 e. The van der Waals surface area contributed by atoms with Gasteiger partial charge in [0, 0.05) is 9.92 Å². The lowest BCUT2D eigenvalue weighted by Crippen LogP contribution is -2.10. The number of nitrogens with zero attached hydrogens (tertiary/aromatic N) is 2. The van der Waals surface area contributed by atoms with Gasteiger partial charge < -0.3 is 10.3 Å². The quantitative estimate of drug-likeness (QED) is 0.821. The maximum atomic E-state index is 5.93. The molecule has 0 bridgehead atoms. The Morgan fingerprint density at radius 3 is 2.79 bits per heavy atom. The minimum absolute atomic E-state index is 0.160. The van der Waals surface area contributed by atoms with E-state index in [-0.39, 0.29) is 6.04 Å². The van der Waals surface area contributed by atoms with Crippen LogP contribution in [0.25, 0.3) is 0 Å². The third kappa shape index (κ3) is 4.23. The molecular weight excluding hydrogens is 282 g/mol. The maximum Gasteiger partial charge on any atom is 0.243 e. The van der Waals surface area contributed by atoms with Crippen LogP contribution in [-0.4, -0.2) is 10.1 Å². The van der Waals surface area contributed by atoms with Crippen LogP contribution < -0.4 is 5.73 Å². The van der Waals surface area contributed by atoms with Crippen molar-refractivity contribution in [2.75, 3.05) is 0 Å². The number of benzene rings is 1. The van der Waals surface area contributed by atoms with E-state index in [1.165, 1.54) is 0 Å². The van der Waals surface area contributed by atoms with E-state index in [4.69, 9.17) is 21.9 Å². The van der Waals surface area contributed by atoms with Crippen molar-refractivity contribution >= 4 is 23.4 Å². The highest BCUT2D eigenvalue weighted by Crippen LogP contribution is 2.24. The molecule has 4 nitrogen and oxygen atoms in total. The normalized spacial score (nSPS) is 12.6. The molecule has 0 unspecified atom stereocenters. The number of hydrogen-bond donors (Lipinski definition) is 1. The van der Waals surface area contributed by atoms with Crippen molar-refractivity contribution in [2.24, 2.45) is 5.73 Å². The first kappa shape index (κ1) is 14.4. The Morgan fingerprint density at radius 2 is 2.11 bits per heavy atom. The second kappa shape index (κ2) is 6.93. The van der Waals surface area contributed by atoms with Crippen LogP contribution in [0.1, 0.15) is 37.5 Å². The summed E-state index contributed by atoms with van der Waals surface area (Å²) >= 11 is 7.47. The average Bonchev–Trinajstić information content (AvgIpc) is 2.87. The zero-order valence-corrected chi connectivity index (χ0v) is 12.2. The summed E-state index contributed by atoms with van der Waals surface area (Å²) in [4.78, 5) is 5.43. The third-order valence-electron chi connectivity index (χ3n) is 2.58. The van der Waals surface area contributed by atoms with Gasteiger partial charge in [-0.3, -0.25) is 0 Å². The van der Waals surface area contributed by atoms with E-state index < -0.39 is 0 Å². The molecule has 0 amide bonds. The molecule has 2 rings (SSSR count). The summed E-state index contributed by atoms with van der Waals surface area (Å²) in [7, 11) is 0. The molecule has 0 aliphatic carbocycles. The zero-order valence-electron chi connectivity index (χ0n) is 10.7. The highest BCUT2D eigenvalue weighted by molar-refractivity contribution is 7.98. The standard InChI is InChI=1S/C13H16ClN3OS/c1-2-3-11(15)13-16-12(17-18-13)8-19-10-6-4-9(14)5-7-10/h4-7,11H,2-3,8,15H2,1H3/t11-/m0/s1. The molecule has 1 heterocycles. The second-order valence-electron chi connectivity index (χ2n) is 4.19. The van der Waals surface area contributed by atoms with Gasteiger partial charge in [0.15, 0.2) is 5.82 Å². The molecule has 6 heteroatoms. The Kier molecular flexibility index (Phi) is 5.24. The highest BCUT2D eigenvalue weighted by atomic mass is 35.5. The summed E-state index contributed by atoms with van der Waals surface area (Å²) in [5.41, 5.74) is 5.93. The second-order valence-corrected chi connectivity index (χ2v) is 5.67. The Morgan fingerprint density at radius 1 is 1.37 bits per heavy atom. The fourth-order valence-corrected chi connectivity index (χ4v) is 2.46. The molecule has 0 aliphatic heterocycles. The Hall–Kier alpha value is -1.04. The predicted molar refractivity (Wildman–Crippen MR) is 77.1 cm³/mol. The molecule has 0 aliphatic rings. The Bertz CT molecular complexity index is 515. The zero-order chi connectivity index (χ0) is 13.7. The molecule has 0 spiro atoms. The number of aromatic nitrogens is 2. The number of hydrogen-bond acceptors (Lipinski definition) is 5. The van der Waals surface area contributed by atoms with Crippen LogP contribution in [0.2, 0.25) is 5.02 Å². The van der Waals surface area contributed by atoms with E-state index >= 15 is 0 Å². The molecule has 19 heavy (non-hydrogen) atoms. The topological polar surface area (TPSA) is 64.9 Å². The van der Waals surface area contributed by atoms with E-state index in [1.807, 2.05) is 24.3 Å². The summed E-state index contributed by atoms with van der Waals surface area (Å²) in [5.74, 6) is 1.85. The SMILES string of the molecule is CCC[C@H](N)c1nc(CSc2ccc(Cl)cc2)no1. The number of halogens is 1. The van der Waals surface area contributed by atoms with Gasteiger partial charge in [0.2, 0.25) is 5.89 Å². The van der Waals surface area contributed by atoms with E-state index in [9.17, 15) is 0 Å². The van der Waals surface area contributed by atoms with Gasteiger partial charge in [0.25, 0.3) is 0 Å². The first-order valence-electron chi connectivity index (χ1n) is 6.15. The summed E-state index contributed by atoms with van der Waals surface area (Å²) in [6.45, 7) is 2.08. The monoisotopic (exact) mass is 297 g/mol. The van der Waals surface area contributed by atoms with Crippen molar-refractivity contribution in [2.45, 2.75) is 36.5 Å². The van der Waals surface area contributed by atoms with Crippen molar-refractivity contribution < 1.29 is 4.52 Å². The Balaban J connectivity index is 1.91. The van der Waals surface area contributed by atoms with Crippen LogP contribution in [0.3, 0.4) is 0 Å². The fourth-order valence-electron chi connectivity index (χ4n) is 1.59. The summed E-state index contributed by atoms with van der Waals surface area (Å²) in [5, 5.41) is 4.67. The van der Waals surface area contributed by atoms with Crippen LogP contribution in [0.4, 0.5) is 0 Å². The van der Waals surface area contributed by atoms with Crippen molar-refractivity contribution in [3.63, 3.8) is 0 Å².